The molecule has 0 bridgehead atoms. The lowest BCUT2D eigenvalue weighted by Gasteiger charge is -1.97. The highest BCUT2D eigenvalue weighted by Crippen LogP contribution is 2.28. The fraction of sp³-hybridized carbons (Fsp3) is 0.125. The van der Waals surface area contributed by atoms with E-state index in [9.17, 15) is 0 Å². The van der Waals surface area contributed by atoms with Crippen molar-refractivity contribution in [2.45, 2.75) is 5.75 Å². The van der Waals surface area contributed by atoms with Crippen molar-refractivity contribution in [3.05, 3.63) is 35.9 Å². The van der Waals surface area contributed by atoms with E-state index in [1.807, 2.05) is 18.2 Å². The van der Waals surface area contributed by atoms with Crippen molar-refractivity contribution in [1.29, 1.82) is 0 Å². The second kappa shape index (κ2) is 5.21. The zero-order chi connectivity index (χ0) is 9.80. The number of nitrogens with zero attached hydrogens (tertiary/aromatic N) is 2. The van der Waals surface area contributed by atoms with Crippen LogP contribution in [0.3, 0.4) is 0 Å². The highest BCUT2D eigenvalue weighted by atomic mass is 35.7. The van der Waals surface area contributed by atoms with E-state index in [0.717, 1.165) is 10.9 Å². The lowest BCUT2D eigenvalue weighted by atomic mass is 10.2. The Labute approximate surface area is 97.7 Å². The third-order valence-electron chi connectivity index (χ3n) is 1.54. The summed E-state index contributed by atoms with van der Waals surface area (Å²) in [6.07, 6.45) is 0. The van der Waals surface area contributed by atoms with Crippen molar-refractivity contribution in [1.82, 2.24) is 0 Å². The summed E-state index contributed by atoms with van der Waals surface area (Å²) in [5.74, 6) is 0.901. The molecular weight excluding hydrogens is 256 g/mol. The van der Waals surface area contributed by atoms with Gasteiger partial charge in [0.1, 0.15) is 0 Å². The van der Waals surface area contributed by atoms with Crippen LogP contribution in [0.4, 0.5) is 0 Å². The first-order valence-electron chi connectivity index (χ1n) is 3.89. The molecule has 0 aliphatic carbocycles. The van der Waals surface area contributed by atoms with E-state index in [1.165, 1.54) is 16.5 Å². The zero-order valence-corrected chi connectivity index (χ0v) is 10.3. The maximum Gasteiger partial charge on any atom is 0.204 e. The summed E-state index contributed by atoms with van der Waals surface area (Å²) in [5.41, 5.74) is 1.28. The third kappa shape index (κ3) is 3.02. The van der Waals surface area contributed by atoms with Crippen LogP contribution in [0.5, 0.6) is 0 Å². The summed E-state index contributed by atoms with van der Waals surface area (Å²) in [6, 6.07) is 10.3. The fourth-order valence-electron chi connectivity index (χ4n) is 0.932. The number of benzene rings is 1. The Morgan fingerprint density at radius 3 is 2.79 bits per heavy atom. The minimum Gasteiger partial charge on any atom is -0.175 e. The number of amidine groups is 1. The largest absolute Gasteiger partial charge is 0.204 e. The van der Waals surface area contributed by atoms with Gasteiger partial charge in [-0.25, -0.2) is 0 Å². The molecule has 1 aliphatic heterocycles. The summed E-state index contributed by atoms with van der Waals surface area (Å²) >= 11 is 1.63. The second-order valence-corrected chi connectivity index (χ2v) is 7.21. The first-order valence-corrected chi connectivity index (χ1v) is 8.17. The van der Waals surface area contributed by atoms with E-state index in [1.54, 1.807) is 11.8 Å². The Kier molecular flexibility index (Phi) is 3.92. The van der Waals surface area contributed by atoms with Crippen molar-refractivity contribution in [3.8, 4) is 0 Å². The fourth-order valence-corrected chi connectivity index (χ4v) is 4.16. The Morgan fingerprint density at radius 1 is 1.36 bits per heavy atom. The second-order valence-electron chi connectivity index (χ2n) is 2.52. The predicted molar refractivity (Wildman–Crippen MR) is 68.4 cm³/mol. The number of hydrogen-bond acceptors (Lipinski definition) is 4. The monoisotopic (exact) mass is 262 g/mol. The summed E-state index contributed by atoms with van der Waals surface area (Å²) in [5, 5.41) is 0.803. The predicted octanol–water partition coefficient (Wildman–Crippen LogP) is 3.81. The minimum absolute atomic E-state index is 0.471. The summed E-state index contributed by atoms with van der Waals surface area (Å²) in [6.45, 7) is 0. The molecule has 0 amide bonds. The van der Waals surface area contributed by atoms with Crippen LogP contribution in [0.2, 0.25) is 0 Å². The molecule has 14 heavy (non-hydrogen) atoms. The quantitative estimate of drug-likeness (QED) is 0.598. The van der Waals surface area contributed by atoms with Gasteiger partial charge in [-0.3, -0.25) is 0 Å². The molecule has 2 rings (SSSR count). The van der Waals surface area contributed by atoms with Crippen LogP contribution in [0.15, 0.2) is 39.1 Å². The van der Waals surface area contributed by atoms with E-state index in [2.05, 4.69) is 20.9 Å². The van der Waals surface area contributed by atoms with E-state index >= 15 is 0 Å². The molecular formula is C8H7ClN2S3. The molecule has 0 saturated heterocycles. The molecule has 0 N–H and O–H groups in total. The van der Waals surface area contributed by atoms with Crippen LogP contribution >= 0.6 is 33.4 Å². The van der Waals surface area contributed by atoms with Gasteiger partial charge < -0.3 is 0 Å². The standard InChI is InChI=1S/C8H7ClN2S3/c9-14-11-8(10-13-14)12-6-7-4-2-1-3-5-7/h1-5H,6H2. The van der Waals surface area contributed by atoms with Crippen molar-refractivity contribution in [2.75, 3.05) is 0 Å². The van der Waals surface area contributed by atoms with Gasteiger partial charge in [-0.15, -0.1) is 0 Å². The molecule has 6 heteroatoms. The highest BCUT2D eigenvalue weighted by Gasteiger charge is 2.08. The summed E-state index contributed by atoms with van der Waals surface area (Å²) in [7, 11) is 6.65. The normalized spacial score (nSPS) is 20.4. The van der Waals surface area contributed by atoms with Gasteiger partial charge in [0.25, 0.3) is 0 Å². The molecule has 1 aromatic carbocycles. The average molecular weight is 263 g/mol. The number of thioether (sulfide) groups is 1. The molecule has 1 unspecified atom stereocenters. The van der Waals surface area contributed by atoms with Gasteiger partial charge in [-0.05, 0) is 16.2 Å². The molecule has 1 aromatic rings. The van der Waals surface area contributed by atoms with Gasteiger partial charge in [0.05, 0.1) is 19.9 Å². The topological polar surface area (TPSA) is 24.7 Å². The van der Waals surface area contributed by atoms with Crippen molar-refractivity contribution in [3.63, 3.8) is 0 Å². The van der Waals surface area contributed by atoms with E-state index in [0.29, 0.717) is 0 Å². The lowest BCUT2D eigenvalue weighted by molar-refractivity contribution is 1.42. The zero-order valence-electron chi connectivity index (χ0n) is 7.09. The van der Waals surface area contributed by atoms with Crippen LogP contribution in [0, 0.1) is 0 Å². The molecule has 0 saturated carbocycles. The van der Waals surface area contributed by atoms with Crippen molar-refractivity contribution >= 4 is 47.5 Å². The molecule has 1 atom stereocenters. The van der Waals surface area contributed by atoms with Crippen LogP contribution in [-0.4, -0.2) is 5.17 Å². The van der Waals surface area contributed by atoms with E-state index in [4.69, 9.17) is 10.7 Å². The van der Waals surface area contributed by atoms with Gasteiger partial charge in [0.15, 0.2) is 0 Å². The molecule has 0 spiro atoms. The van der Waals surface area contributed by atoms with Crippen LogP contribution < -0.4 is 0 Å². The summed E-state index contributed by atoms with van der Waals surface area (Å²) in [4.78, 5) is 0. The number of rotatable bonds is 2. The van der Waals surface area contributed by atoms with E-state index in [-0.39, 0.29) is 0 Å². The van der Waals surface area contributed by atoms with Gasteiger partial charge in [0.2, 0.25) is 5.17 Å². The average Bonchev–Trinajstić information content (AvgIpc) is 2.63. The Hall–Kier alpha value is 0.0300. The smallest absolute Gasteiger partial charge is 0.175 e. The lowest BCUT2D eigenvalue weighted by Crippen LogP contribution is -1.85. The van der Waals surface area contributed by atoms with Crippen molar-refractivity contribution < 1.29 is 0 Å². The Morgan fingerprint density at radius 2 is 2.14 bits per heavy atom. The van der Waals surface area contributed by atoms with Crippen LogP contribution in [0.25, 0.3) is 0 Å². The van der Waals surface area contributed by atoms with Gasteiger partial charge >= 0.3 is 0 Å². The third-order valence-corrected chi connectivity index (χ3v) is 4.90. The molecule has 1 aliphatic rings. The minimum atomic E-state index is -0.471. The maximum absolute atomic E-state index is 5.78. The van der Waals surface area contributed by atoms with Crippen LogP contribution in [0.1, 0.15) is 5.56 Å². The Bertz CT molecular complexity index is 377. The van der Waals surface area contributed by atoms with Gasteiger partial charge in [0, 0.05) is 5.75 Å². The summed E-state index contributed by atoms with van der Waals surface area (Å²) < 4.78 is 8.31. The van der Waals surface area contributed by atoms with Crippen molar-refractivity contribution in [2.24, 2.45) is 8.76 Å². The maximum atomic E-state index is 5.78. The highest BCUT2D eigenvalue weighted by molar-refractivity contribution is 8.78. The SMILES string of the molecule is ClS1=NC(SCc2ccccc2)=NS1. The first-order chi connectivity index (χ1) is 6.84. The molecule has 0 radical (unpaired) electrons. The molecule has 74 valence electrons. The molecule has 2 nitrogen and oxygen atoms in total. The number of hydrogen-bond donors (Lipinski definition) is 0. The van der Waals surface area contributed by atoms with Gasteiger partial charge in [-0.2, -0.15) is 8.76 Å². The van der Waals surface area contributed by atoms with E-state index < -0.39 is 8.94 Å². The molecule has 1 heterocycles. The van der Waals surface area contributed by atoms with Gasteiger partial charge in [-0.1, -0.05) is 42.1 Å². The Balaban J connectivity index is 1.90. The van der Waals surface area contributed by atoms with Crippen LogP contribution in [-0.2, 0) is 14.7 Å². The number of halogens is 1. The molecule has 0 fully saturated rings. The molecule has 0 aromatic heterocycles. The first kappa shape index (κ1) is 10.5.